The van der Waals surface area contributed by atoms with Gasteiger partial charge in [0.05, 0.1) is 22.9 Å². The van der Waals surface area contributed by atoms with E-state index in [2.05, 4.69) is 11.0 Å². The Morgan fingerprint density at radius 3 is 2.55 bits per heavy atom. The van der Waals surface area contributed by atoms with E-state index in [9.17, 15) is 13.7 Å². The van der Waals surface area contributed by atoms with E-state index < -0.39 is 9.84 Å². The molecule has 1 saturated heterocycles. The first kappa shape index (κ1) is 20.5. The van der Waals surface area contributed by atoms with Crippen LogP contribution in [0.2, 0.25) is 10.0 Å². The second-order valence-electron chi connectivity index (χ2n) is 7.62. The summed E-state index contributed by atoms with van der Waals surface area (Å²) >= 11 is 12.7. The van der Waals surface area contributed by atoms with Gasteiger partial charge in [0, 0.05) is 28.4 Å². The van der Waals surface area contributed by atoms with Gasteiger partial charge in [-0.05, 0) is 61.3 Å². The van der Waals surface area contributed by atoms with Crippen LogP contribution in [0, 0.1) is 17.2 Å². The molecular formula is C21H20Cl2N2O3S. The molecule has 8 heteroatoms. The molecular weight excluding hydrogens is 431 g/mol. The third-order valence-corrected chi connectivity index (χ3v) is 7.33. The minimum absolute atomic E-state index is 0.0208. The van der Waals surface area contributed by atoms with Crippen LogP contribution in [-0.4, -0.2) is 38.7 Å². The van der Waals surface area contributed by atoms with Gasteiger partial charge in [-0.3, -0.25) is 4.90 Å². The number of fused-ring (bicyclic) bond motifs is 1. The average molecular weight is 451 g/mol. The highest BCUT2D eigenvalue weighted by Crippen LogP contribution is 2.43. The Hall–Kier alpha value is -1.78. The van der Waals surface area contributed by atoms with Crippen molar-refractivity contribution in [3.8, 4) is 11.8 Å². The number of likely N-dealkylation sites (tertiary alicyclic amines) is 1. The molecule has 0 radical (unpaired) electrons. The zero-order valence-electron chi connectivity index (χ0n) is 15.8. The van der Waals surface area contributed by atoms with Crippen LogP contribution < -0.4 is 4.74 Å². The molecule has 152 valence electrons. The highest BCUT2D eigenvalue weighted by Gasteiger charge is 2.41. The number of ether oxygens (including phenoxy) is 1. The summed E-state index contributed by atoms with van der Waals surface area (Å²) in [5.74, 6) is 0.597. The van der Waals surface area contributed by atoms with E-state index in [0.717, 1.165) is 30.5 Å². The van der Waals surface area contributed by atoms with Crippen LogP contribution >= 0.6 is 23.2 Å². The number of hydrogen-bond donors (Lipinski definition) is 0. The van der Waals surface area contributed by atoms with Gasteiger partial charge in [0.1, 0.15) is 11.9 Å². The molecule has 0 unspecified atom stereocenters. The summed E-state index contributed by atoms with van der Waals surface area (Å²) in [6.07, 6.45) is 2.43. The van der Waals surface area contributed by atoms with E-state index in [4.69, 9.17) is 27.9 Å². The highest BCUT2D eigenvalue weighted by atomic mass is 35.5. The lowest BCUT2D eigenvalue weighted by atomic mass is 10.1. The second kappa shape index (κ2) is 7.81. The molecule has 0 aromatic heterocycles. The fourth-order valence-corrected chi connectivity index (χ4v) is 5.40. The molecule has 1 heterocycles. The number of halogens is 2. The summed E-state index contributed by atoms with van der Waals surface area (Å²) in [6, 6.07) is 12.4. The lowest BCUT2D eigenvalue weighted by Crippen LogP contribution is -2.38. The molecule has 2 aromatic rings. The molecule has 0 spiro atoms. The van der Waals surface area contributed by atoms with Crippen molar-refractivity contribution in [2.75, 3.05) is 19.3 Å². The monoisotopic (exact) mass is 450 g/mol. The number of nitrogens with zero attached hydrogens (tertiary/aromatic N) is 2. The Labute approximate surface area is 180 Å². The SMILES string of the molecule is CS(=O)(=O)c1ccc(O[C@H]2c3cc(Cl)cc(Cl)c3C[C@@H]2N2CC[C@@H](C#N)C2)cc1. The molecule has 4 rings (SSSR count). The molecule has 0 bridgehead atoms. The van der Waals surface area contributed by atoms with Crippen molar-refractivity contribution < 1.29 is 13.2 Å². The fraction of sp³-hybridized carbons (Fsp3) is 0.381. The van der Waals surface area contributed by atoms with Crippen molar-refractivity contribution in [3.05, 3.63) is 57.6 Å². The summed E-state index contributed by atoms with van der Waals surface area (Å²) in [7, 11) is -3.27. The number of nitriles is 1. The van der Waals surface area contributed by atoms with Crippen LogP contribution in [0.3, 0.4) is 0 Å². The molecule has 2 aromatic carbocycles. The number of rotatable bonds is 4. The Bertz CT molecular complexity index is 1080. The number of benzene rings is 2. The summed E-state index contributed by atoms with van der Waals surface area (Å²) in [5.41, 5.74) is 1.96. The smallest absolute Gasteiger partial charge is 0.175 e. The van der Waals surface area contributed by atoms with Crippen molar-refractivity contribution in [1.29, 1.82) is 5.26 Å². The molecule has 0 saturated carbocycles. The zero-order chi connectivity index (χ0) is 20.8. The molecule has 0 N–H and O–H groups in total. The first-order valence-corrected chi connectivity index (χ1v) is 12.0. The molecule has 3 atom stereocenters. The Morgan fingerprint density at radius 2 is 1.93 bits per heavy atom. The van der Waals surface area contributed by atoms with Crippen molar-refractivity contribution in [2.45, 2.75) is 29.9 Å². The van der Waals surface area contributed by atoms with Gasteiger partial charge in [-0.1, -0.05) is 23.2 Å². The Balaban J connectivity index is 1.67. The van der Waals surface area contributed by atoms with Gasteiger partial charge in [0.2, 0.25) is 0 Å². The van der Waals surface area contributed by atoms with Crippen LogP contribution in [0.15, 0.2) is 41.3 Å². The minimum Gasteiger partial charge on any atom is -0.484 e. The van der Waals surface area contributed by atoms with E-state index in [1.54, 1.807) is 30.3 Å². The molecule has 1 fully saturated rings. The van der Waals surface area contributed by atoms with E-state index in [0.29, 0.717) is 22.3 Å². The molecule has 1 aliphatic carbocycles. The molecule has 0 amide bonds. The predicted octanol–water partition coefficient (Wildman–Crippen LogP) is 4.29. The minimum atomic E-state index is -3.27. The lowest BCUT2D eigenvalue weighted by Gasteiger charge is -2.30. The standard InChI is InChI=1S/C21H20Cl2N2O3S/c1-29(26,27)16-4-2-15(3-5-16)28-21-18-8-14(22)9-19(23)17(18)10-20(21)25-7-6-13(11-24)12-25/h2-5,8-9,13,20-21H,6-7,10,12H2,1H3/t13-,20-,21-/m0/s1. The maximum absolute atomic E-state index is 11.7. The van der Waals surface area contributed by atoms with Crippen molar-refractivity contribution >= 4 is 33.0 Å². The third kappa shape index (κ3) is 4.10. The number of sulfone groups is 1. The van der Waals surface area contributed by atoms with Gasteiger partial charge in [-0.2, -0.15) is 5.26 Å². The zero-order valence-corrected chi connectivity index (χ0v) is 18.1. The summed E-state index contributed by atoms with van der Waals surface area (Å²) in [5, 5.41) is 10.4. The maximum Gasteiger partial charge on any atom is 0.175 e. The predicted molar refractivity (Wildman–Crippen MR) is 112 cm³/mol. The van der Waals surface area contributed by atoms with Gasteiger partial charge in [0.25, 0.3) is 0 Å². The number of hydrogen-bond acceptors (Lipinski definition) is 5. The average Bonchev–Trinajstić information content (AvgIpc) is 3.27. The topological polar surface area (TPSA) is 70.4 Å². The van der Waals surface area contributed by atoms with Gasteiger partial charge >= 0.3 is 0 Å². The van der Waals surface area contributed by atoms with Crippen LogP contribution in [0.25, 0.3) is 0 Å². The first-order chi connectivity index (χ1) is 13.8. The maximum atomic E-state index is 11.7. The fourth-order valence-electron chi connectivity index (χ4n) is 4.18. The Kier molecular flexibility index (Phi) is 5.52. The quantitative estimate of drug-likeness (QED) is 0.694. The van der Waals surface area contributed by atoms with Crippen LogP contribution in [0.5, 0.6) is 5.75 Å². The van der Waals surface area contributed by atoms with Crippen molar-refractivity contribution in [2.24, 2.45) is 5.92 Å². The third-order valence-electron chi connectivity index (χ3n) is 5.65. The van der Waals surface area contributed by atoms with Gasteiger partial charge in [-0.25, -0.2) is 8.42 Å². The van der Waals surface area contributed by atoms with E-state index in [1.807, 2.05) is 6.07 Å². The first-order valence-electron chi connectivity index (χ1n) is 9.34. The van der Waals surface area contributed by atoms with Crippen LogP contribution in [-0.2, 0) is 16.3 Å². The largest absolute Gasteiger partial charge is 0.484 e. The summed E-state index contributed by atoms with van der Waals surface area (Å²) in [4.78, 5) is 2.53. The van der Waals surface area contributed by atoms with Crippen molar-refractivity contribution in [3.63, 3.8) is 0 Å². The van der Waals surface area contributed by atoms with E-state index >= 15 is 0 Å². The summed E-state index contributed by atoms with van der Waals surface area (Å²) < 4.78 is 29.8. The molecule has 29 heavy (non-hydrogen) atoms. The van der Waals surface area contributed by atoms with Crippen molar-refractivity contribution in [1.82, 2.24) is 4.90 Å². The van der Waals surface area contributed by atoms with Crippen LogP contribution in [0.4, 0.5) is 0 Å². The molecule has 2 aliphatic rings. The van der Waals surface area contributed by atoms with Gasteiger partial charge < -0.3 is 4.74 Å². The van der Waals surface area contributed by atoms with Gasteiger partial charge in [-0.15, -0.1) is 0 Å². The molecule has 1 aliphatic heterocycles. The highest BCUT2D eigenvalue weighted by molar-refractivity contribution is 7.90. The van der Waals surface area contributed by atoms with E-state index in [-0.39, 0.29) is 23.0 Å². The normalized spacial score (nSPS) is 24.3. The second-order valence-corrected chi connectivity index (χ2v) is 10.5. The molecule has 5 nitrogen and oxygen atoms in total. The van der Waals surface area contributed by atoms with Gasteiger partial charge in [0.15, 0.2) is 9.84 Å². The van der Waals surface area contributed by atoms with E-state index in [1.165, 1.54) is 6.26 Å². The lowest BCUT2D eigenvalue weighted by molar-refractivity contribution is 0.0927. The Morgan fingerprint density at radius 1 is 1.21 bits per heavy atom. The van der Waals surface area contributed by atoms with Crippen LogP contribution in [0.1, 0.15) is 23.7 Å². The summed E-state index contributed by atoms with van der Waals surface area (Å²) in [6.45, 7) is 1.53.